The van der Waals surface area contributed by atoms with E-state index in [2.05, 4.69) is 69.8 Å². The van der Waals surface area contributed by atoms with E-state index in [9.17, 15) is 0 Å². The van der Waals surface area contributed by atoms with Crippen molar-refractivity contribution >= 4 is 38.1 Å². The molecule has 0 aliphatic rings. The number of para-hydroxylation sites is 2. The first-order chi connectivity index (χ1) is 12.8. The van der Waals surface area contributed by atoms with E-state index in [0.29, 0.717) is 0 Å². The number of nitrogens with one attached hydrogen (secondary N) is 1. The van der Waals surface area contributed by atoms with Gasteiger partial charge in [-0.15, -0.1) is 0 Å². The second-order valence-corrected chi connectivity index (χ2v) is 6.87. The van der Waals surface area contributed by atoms with Crippen LogP contribution in [0.25, 0.3) is 21.9 Å². The molecule has 0 heterocycles. The average Bonchev–Trinajstić information content (AvgIpc) is 2.70. The predicted octanol–water partition coefficient (Wildman–Crippen LogP) is 7.02. The summed E-state index contributed by atoms with van der Waals surface area (Å²) in [6.07, 6.45) is 0. The van der Waals surface area contributed by atoms with E-state index in [-0.39, 0.29) is 0 Å². The highest BCUT2D eigenvalue weighted by atomic mass is 79.9. The molecule has 0 aliphatic heterocycles. The Labute approximate surface area is 161 Å². The normalized spacial score (nSPS) is 10.7. The highest BCUT2D eigenvalue weighted by molar-refractivity contribution is 9.10. The molecule has 0 fully saturated rings. The number of hydrogen-bond donors (Lipinski definition) is 1. The van der Waals surface area contributed by atoms with Gasteiger partial charge in [-0.25, -0.2) is 0 Å². The predicted molar refractivity (Wildman–Crippen MR) is 113 cm³/mol. The van der Waals surface area contributed by atoms with Crippen molar-refractivity contribution in [2.45, 2.75) is 0 Å². The van der Waals surface area contributed by atoms with Crippen LogP contribution in [0.2, 0.25) is 0 Å². The highest BCUT2D eigenvalue weighted by Crippen LogP contribution is 2.41. The topological polar surface area (TPSA) is 21.3 Å². The number of ether oxygens (including phenoxy) is 1. The molecule has 3 heteroatoms. The first-order valence-corrected chi connectivity index (χ1v) is 9.24. The van der Waals surface area contributed by atoms with Crippen molar-refractivity contribution in [3.05, 3.63) is 89.4 Å². The van der Waals surface area contributed by atoms with Crippen molar-refractivity contribution in [3.63, 3.8) is 0 Å². The largest absolute Gasteiger partial charge is 0.496 e. The summed E-state index contributed by atoms with van der Waals surface area (Å²) < 4.78 is 6.63. The van der Waals surface area contributed by atoms with Crippen molar-refractivity contribution in [2.24, 2.45) is 0 Å². The third kappa shape index (κ3) is 3.06. The highest BCUT2D eigenvalue weighted by Gasteiger charge is 2.14. The van der Waals surface area contributed by atoms with Crippen molar-refractivity contribution < 1.29 is 4.74 Å². The lowest BCUT2D eigenvalue weighted by molar-refractivity contribution is 0.416. The van der Waals surface area contributed by atoms with Gasteiger partial charge in [0.25, 0.3) is 0 Å². The van der Waals surface area contributed by atoms with Crippen LogP contribution in [-0.2, 0) is 0 Å². The van der Waals surface area contributed by atoms with Crippen LogP contribution in [0.3, 0.4) is 0 Å². The van der Waals surface area contributed by atoms with Gasteiger partial charge >= 0.3 is 0 Å². The van der Waals surface area contributed by atoms with E-state index in [1.165, 1.54) is 10.8 Å². The van der Waals surface area contributed by atoms with Crippen molar-refractivity contribution in [1.82, 2.24) is 0 Å². The molecule has 2 nitrogen and oxygen atoms in total. The van der Waals surface area contributed by atoms with E-state index < -0.39 is 0 Å². The lowest BCUT2D eigenvalue weighted by Crippen LogP contribution is -1.97. The molecule has 1 N–H and O–H groups in total. The molecule has 0 unspecified atom stereocenters. The number of anilines is 2. The number of benzene rings is 4. The van der Waals surface area contributed by atoms with Crippen LogP contribution in [0.5, 0.6) is 5.75 Å². The lowest BCUT2D eigenvalue weighted by Gasteiger charge is -2.18. The summed E-state index contributed by atoms with van der Waals surface area (Å²) in [6, 6.07) is 29.0. The average molecular weight is 404 g/mol. The molecule has 0 saturated carbocycles. The summed E-state index contributed by atoms with van der Waals surface area (Å²) in [4.78, 5) is 0. The van der Waals surface area contributed by atoms with Crippen LogP contribution in [0.1, 0.15) is 0 Å². The third-order valence-electron chi connectivity index (χ3n) is 4.46. The van der Waals surface area contributed by atoms with Gasteiger partial charge in [0.1, 0.15) is 5.75 Å². The second-order valence-electron chi connectivity index (χ2n) is 6.01. The Balaban J connectivity index is 1.97. The maximum absolute atomic E-state index is 5.60. The number of halogens is 1. The molecule has 0 atom stereocenters. The molecule has 0 aliphatic carbocycles. The molecule has 0 saturated heterocycles. The van der Waals surface area contributed by atoms with Gasteiger partial charge < -0.3 is 10.1 Å². The molecule has 4 aromatic rings. The molecule has 128 valence electrons. The number of methoxy groups -OCH3 is 1. The molecule has 26 heavy (non-hydrogen) atoms. The smallest absolute Gasteiger partial charge is 0.126 e. The fourth-order valence-electron chi connectivity index (χ4n) is 3.20. The molecule has 0 radical (unpaired) electrons. The summed E-state index contributed by atoms with van der Waals surface area (Å²) in [5.74, 6) is 0.859. The van der Waals surface area contributed by atoms with Crippen molar-refractivity contribution in [1.29, 1.82) is 0 Å². The first kappa shape index (κ1) is 16.7. The Morgan fingerprint density at radius 3 is 2.31 bits per heavy atom. The lowest BCUT2D eigenvalue weighted by atomic mass is 9.97. The van der Waals surface area contributed by atoms with Gasteiger partial charge in [-0.3, -0.25) is 0 Å². The van der Waals surface area contributed by atoms with Gasteiger partial charge in [0.2, 0.25) is 0 Å². The Bertz CT molecular complexity index is 1070. The van der Waals surface area contributed by atoms with E-state index in [0.717, 1.165) is 32.7 Å². The van der Waals surface area contributed by atoms with E-state index in [4.69, 9.17) is 4.74 Å². The monoisotopic (exact) mass is 403 g/mol. The van der Waals surface area contributed by atoms with Crippen LogP contribution in [-0.4, -0.2) is 7.11 Å². The number of fused-ring (bicyclic) bond motifs is 1. The summed E-state index contributed by atoms with van der Waals surface area (Å²) in [5.41, 5.74) is 4.27. The molecular formula is C23H18BrNO. The molecule has 0 amide bonds. The van der Waals surface area contributed by atoms with Gasteiger partial charge in [0, 0.05) is 21.0 Å². The molecular weight excluding hydrogens is 386 g/mol. The van der Waals surface area contributed by atoms with E-state index >= 15 is 0 Å². The van der Waals surface area contributed by atoms with Crippen LogP contribution in [0.15, 0.2) is 89.4 Å². The minimum Gasteiger partial charge on any atom is -0.496 e. The maximum atomic E-state index is 5.60. The maximum Gasteiger partial charge on any atom is 0.126 e. The standard InChI is InChI=1S/C23H18BrNO/c1-26-22-13-7-4-10-18(22)19-15-14-16-8-2-3-9-17(16)23(19)25-21-12-6-5-11-20(21)24/h2-15,25H,1H3. The Morgan fingerprint density at radius 2 is 1.46 bits per heavy atom. The Hall–Kier alpha value is -2.78. The number of hydrogen-bond acceptors (Lipinski definition) is 2. The fraction of sp³-hybridized carbons (Fsp3) is 0.0435. The minimum atomic E-state index is 0.859. The molecule has 0 bridgehead atoms. The molecule has 0 spiro atoms. The van der Waals surface area contributed by atoms with Crippen LogP contribution in [0, 0.1) is 0 Å². The van der Waals surface area contributed by atoms with Crippen LogP contribution in [0.4, 0.5) is 11.4 Å². The van der Waals surface area contributed by atoms with Gasteiger partial charge in [-0.2, -0.15) is 0 Å². The summed E-state index contributed by atoms with van der Waals surface area (Å²) in [6.45, 7) is 0. The summed E-state index contributed by atoms with van der Waals surface area (Å²) in [7, 11) is 1.71. The fourth-order valence-corrected chi connectivity index (χ4v) is 3.58. The van der Waals surface area contributed by atoms with Gasteiger partial charge in [0.05, 0.1) is 18.5 Å². The van der Waals surface area contributed by atoms with Gasteiger partial charge in [-0.1, -0.05) is 66.7 Å². The zero-order valence-corrected chi connectivity index (χ0v) is 16.0. The zero-order valence-electron chi connectivity index (χ0n) is 14.4. The molecule has 4 aromatic carbocycles. The van der Waals surface area contributed by atoms with Gasteiger partial charge in [-0.05, 0) is 39.5 Å². The SMILES string of the molecule is COc1ccccc1-c1ccc2ccccc2c1Nc1ccccc1Br. The van der Waals surface area contributed by atoms with E-state index in [1.54, 1.807) is 7.11 Å². The Kier molecular flexibility index (Phi) is 4.63. The third-order valence-corrected chi connectivity index (χ3v) is 5.15. The quantitative estimate of drug-likeness (QED) is 0.395. The van der Waals surface area contributed by atoms with Crippen molar-refractivity contribution in [2.75, 3.05) is 12.4 Å². The molecule has 0 aromatic heterocycles. The van der Waals surface area contributed by atoms with E-state index in [1.807, 2.05) is 36.4 Å². The number of rotatable bonds is 4. The second kappa shape index (κ2) is 7.22. The van der Waals surface area contributed by atoms with Crippen LogP contribution < -0.4 is 10.1 Å². The zero-order chi connectivity index (χ0) is 17.9. The summed E-state index contributed by atoms with van der Waals surface area (Å²) in [5, 5.41) is 6.00. The summed E-state index contributed by atoms with van der Waals surface area (Å²) >= 11 is 3.64. The molecule has 4 rings (SSSR count). The van der Waals surface area contributed by atoms with Crippen molar-refractivity contribution in [3.8, 4) is 16.9 Å². The Morgan fingerprint density at radius 1 is 0.731 bits per heavy atom. The van der Waals surface area contributed by atoms with Crippen LogP contribution >= 0.6 is 15.9 Å². The van der Waals surface area contributed by atoms with Gasteiger partial charge in [0.15, 0.2) is 0 Å². The first-order valence-electron chi connectivity index (χ1n) is 8.44. The minimum absolute atomic E-state index is 0.859.